The van der Waals surface area contributed by atoms with Crippen LogP contribution in [0.4, 0.5) is 4.39 Å². The summed E-state index contributed by atoms with van der Waals surface area (Å²) >= 11 is 0. The second-order valence-corrected chi connectivity index (χ2v) is 6.12. The van der Waals surface area contributed by atoms with Crippen LogP contribution in [0, 0.1) is 12.7 Å². The Hall–Kier alpha value is -3.67. The average Bonchev–Trinajstić information content (AvgIpc) is 2.73. The smallest absolute Gasteiger partial charge is 0.276 e. The number of ether oxygens (including phenoxy) is 1. The third-order valence-electron chi connectivity index (χ3n) is 4.08. The van der Waals surface area contributed by atoms with Crippen LogP contribution in [0.25, 0.3) is 11.1 Å². The van der Waals surface area contributed by atoms with Crippen LogP contribution in [0.5, 0.6) is 5.75 Å². The van der Waals surface area contributed by atoms with Crippen molar-refractivity contribution in [2.45, 2.75) is 6.92 Å². The lowest BCUT2D eigenvalue weighted by Crippen LogP contribution is -2.43. The molecule has 0 unspecified atom stereocenters. The van der Waals surface area contributed by atoms with E-state index in [1.807, 2.05) is 48.5 Å². The van der Waals surface area contributed by atoms with E-state index >= 15 is 0 Å². The van der Waals surface area contributed by atoms with Crippen LogP contribution in [0.15, 0.2) is 72.8 Å². The summed E-state index contributed by atoms with van der Waals surface area (Å²) < 4.78 is 19.1. The monoisotopic (exact) mass is 378 g/mol. The first-order valence-electron chi connectivity index (χ1n) is 8.67. The highest BCUT2D eigenvalue weighted by Gasteiger charge is 2.11. The summed E-state index contributed by atoms with van der Waals surface area (Å²) in [7, 11) is 0. The van der Waals surface area contributed by atoms with E-state index in [2.05, 4.69) is 10.9 Å². The minimum Gasteiger partial charge on any atom is -0.483 e. The molecule has 0 saturated heterocycles. The number of halogens is 1. The number of aryl methyl sites for hydroxylation is 1. The highest BCUT2D eigenvalue weighted by Crippen LogP contribution is 2.29. The first kappa shape index (κ1) is 19.1. The van der Waals surface area contributed by atoms with E-state index in [-0.39, 0.29) is 12.2 Å². The number of benzene rings is 3. The molecule has 0 spiro atoms. The van der Waals surface area contributed by atoms with Crippen molar-refractivity contribution in [3.8, 4) is 16.9 Å². The Bertz CT molecular complexity index is 990. The van der Waals surface area contributed by atoms with E-state index in [0.29, 0.717) is 11.3 Å². The lowest BCUT2D eigenvalue weighted by atomic mass is 10.1. The number of amides is 2. The Morgan fingerprint density at radius 2 is 1.64 bits per heavy atom. The van der Waals surface area contributed by atoms with Gasteiger partial charge in [0.15, 0.2) is 6.61 Å². The molecule has 0 atom stereocenters. The fourth-order valence-electron chi connectivity index (χ4n) is 2.56. The summed E-state index contributed by atoms with van der Waals surface area (Å²) in [5, 5.41) is 0. The molecule has 0 bridgehead atoms. The van der Waals surface area contributed by atoms with E-state index in [1.165, 1.54) is 12.1 Å². The first-order valence-corrected chi connectivity index (χ1v) is 8.67. The molecule has 0 aliphatic heterocycles. The molecule has 0 aliphatic rings. The lowest BCUT2D eigenvalue weighted by Gasteiger charge is -2.12. The van der Waals surface area contributed by atoms with Crippen molar-refractivity contribution < 1.29 is 18.7 Å². The number of carbonyl (C=O) groups excluding carboxylic acids is 2. The number of carbonyl (C=O) groups is 2. The minimum absolute atomic E-state index is 0.110. The van der Waals surface area contributed by atoms with Gasteiger partial charge in [0.05, 0.1) is 0 Å². The van der Waals surface area contributed by atoms with Crippen molar-refractivity contribution in [3.05, 3.63) is 89.7 Å². The molecule has 0 aliphatic carbocycles. The normalized spacial score (nSPS) is 10.2. The van der Waals surface area contributed by atoms with E-state index < -0.39 is 17.6 Å². The first-order chi connectivity index (χ1) is 13.5. The van der Waals surface area contributed by atoms with E-state index in [4.69, 9.17) is 4.74 Å². The zero-order valence-electron chi connectivity index (χ0n) is 15.2. The molecule has 5 nitrogen and oxygen atoms in total. The quantitative estimate of drug-likeness (QED) is 0.666. The van der Waals surface area contributed by atoms with Crippen LogP contribution in [-0.4, -0.2) is 18.4 Å². The zero-order valence-corrected chi connectivity index (χ0v) is 15.2. The molecule has 0 fully saturated rings. The predicted octanol–water partition coefficient (Wildman–Crippen LogP) is 3.64. The summed E-state index contributed by atoms with van der Waals surface area (Å²) in [5.41, 5.74) is 6.87. The van der Waals surface area contributed by atoms with Crippen LogP contribution < -0.4 is 15.6 Å². The highest BCUT2D eigenvalue weighted by molar-refractivity contribution is 5.95. The van der Waals surface area contributed by atoms with Gasteiger partial charge in [-0.1, -0.05) is 54.6 Å². The second-order valence-electron chi connectivity index (χ2n) is 6.12. The maximum atomic E-state index is 13.5. The molecular weight excluding hydrogens is 359 g/mol. The molecule has 2 N–H and O–H groups in total. The zero-order chi connectivity index (χ0) is 19.9. The molecule has 6 heteroatoms. The number of hydrogen-bond acceptors (Lipinski definition) is 3. The number of rotatable bonds is 5. The van der Waals surface area contributed by atoms with Crippen molar-refractivity contribution in [1.82, 2.24) is 10.9 Å². The van der Waals surface area contributed by atoms with Crippen molar-refractivity contribution in [2.24, 2.45) is 0 Å². The molecule has 3 aromatic carbocycles. The van der Waals surface area contributed by atoms with Crippen LogP contribution >= 0.6 is 0 Å². The molecule has 0 aromatic heterocycles. The average molecular weight is 378 g/mol. The topological polar surface area (TPSA) is 67.4 Å². The molecule has 28 heavy (non-hydrogen) atoms. The van der Waals surface area contributed by atoms with Gasteiger partial charge in [-0.2, -0.15) is 0 Å². The highest BCUT2D eigenvalue weighted by atomic mass is 19.1. The summed E-state index contributed by atoms with van der Waals surface area (Å²) in [5.74, 6) is -1.09. The third kappa shape index (κ3) is 4.73. The largest absolute Gasteiger partial charge is 0.483 e. The van der Waals surface area contributed by atoms with Gasteiger partial charge in [-0.3, -0.25) is 20.4 Å². The summed E-state index contributed by atoms with van der Waals surface area (Å²) in [6.45, 7) is 1.32. The van der Waals surface area contributed by atoms with Gasteiger partial charge in [0, 0.05) is 11.1 Å². The Morgan fingerprint density at radius 3 is 2.39 bits per heavy atom. The van der Waals surface area contributed by atoms with E-state index in [9.17, 15) is 14.0 Å². The standard InChI is InChI=1S/C22H19FN2O3/c1-15-11-12-17(13-19(15)23)22(27)25-24-21(26)14-28-20-10-6-5-9-18(20)16-7-3-2-4-8-16/h2-13H,14H2,1H3,(H,24,26)(H,25,27). The Morgan fingerprint density at radius 1 is 0.929 bits per heavy atom. The van der Waals surface area contributed by atoms with Gasteiger partial charge >= 0.3 is 0 Å². The Labute approximate surface area is 162 Å². The number of para-hydroxylation sites is 1. The van der Waals surface area contributed by atoms with E-state index in [1.54, 1.807) is 13.0 Å². The van der Waals surface area contributed by atoms with Gasteiger partial charge in [0.25, 0.3) is 11.8 Å². The second kappa shape index (κ2) is 8.81. The van der Waals surface area contributed by atoms with Crippen LogP contribution in [0.1, 0.15) is 15.9 Å². The summed E-state index contributed by atoms with van der Waals surface area (Å²) in [6, 6.07) is 21.1. The molecule has 2 amide bonds. The number of hydrogen-bond donors (Lipinski definition) is 2. The van der Waals surface area contributed by atoms with Crippen molar-refractivity contribution in [2.75, 3.05) is 6.61 Å². The van der Waals surface area contributed by atoms with Gasteiger partial charge in [0.2, 0.25) is 0 Å². The Balaban J connectivity index is 1.56. The molecule has 0 radical (unpaired) electrons. The summed E-state index contributed by atoms with van der Waals surface area (Å²) in [4.78, 5) is 24.0. The maximum absolute atomic E-state index is 13.5. The lowest BCUT2D eigenvalue weighted by molar-refractivity contribution is -0.123. The SMILES string of the molecule is Cc1ccc(C(=O)NNC(=O)COc2ccccc2-c2ccccc2)cc1F. The van der Waals surface area contributed by atoms with Crippen LogP contribution in [0.3, 0.4) is 0 Å². The number of hydrazine groups is 1. The van der Waals surface area contributed by atoms with Crippen molar-refractivity contribution >= 4 is 11.8 Å². The van der Waals surface area contributed by atoms with Gasteiger partial charge in [-0.25, -0.2) is 4.39 Å². The molecule has 142 valence electrons. The predicted molar refractivity (Wildman–Crippen MR) is 104 cm³/mol. The summed E-state index contributed by atoms with van der Waals surface area (Å²) in [6.07, 6.45) is 0. The van der Waals surface area contributed by atoms with Crippen molar-refractivity contribution in [3.63, 3.8) is 0 Å². The third-order valence-corrected chi connectivity index (χ3v) is 4.08. The number of nitrogens with one attached hydrogen (secondary N) is 2. The molecular formula is C22H19FN2O3. The maximum Gasteiger partial charge on any atom is 0.276 e. The minimum atomic E-state index is -0.614. The molecule has 3 aromatic rings. The molecule has 0 heterocycles. The fourth-order valence-corrected chi connectivity index (χ4v) is 2.56. The van der Waals surface area contributed by atoms with E-state index in [0.717, 1.165) is 17.2 Å². The Kier molecular flexibility index (Phi) is 6.01. The van der Waals surface area contributed by atoms with Crippen LogP contribution in [0.2, 0.25) is 0 Å². The van der Waals surface area contributed by atoms with Crippen molar-refractivity contribution in [1.29, 1.82) is 0 Å². The van der Waals surface area contributed by atoms with Gasteiger partial charge in [-0.05, 0) is 36.2 Å². The van der Waals surface area contributed by atoms with Gasteiger partial charge in [0.1, 0.15) is 11.6 Å². The van der Waals surface area contributed by atoms with Crippen LogP contribution in [-0.2, 0) is 4.79 Å². The van der Waals surface area contributed by atoms with Gasteiger partial charge in [-0.15, -0.1) is 0 Å². The fraction of sp³-hybridized carbons (Fsp3) is 0.0909. The molecule has 3 rings (SSSR count). The molecule has 0 saturated carbocycles. The van der Waals surface area contributed by atoms with Gasteiger partial charge < -0.3 is 4.74 Å².